The molecule has 168 valence electrons. The lowest BCUT2D eigenvalue weighted by Crippen LogP contribution is -2.14. The summed E-state index contributed by atoms with van der Waals surface area (Å²) in [5.41, 5.74) is 2.53. The zero-order valence-electron chi connectivity index (χ0n) is 18.2. The fourth-order valence-electron chi connectivity index (χ4n) is 2.29. The van der Waals surface area contributed by atoms with Crippen molar-refractivity contribution in [2.24, 2.45) is 0 Å². The van der Waals surface area contributed by atoms with Crippen LogP contribution in [0.15, 0.2) is 24.3 Å². The molecule has 1 aromatic rings. The molecule has 29 heavy (non-hydrogen) atoms. The fraction of sp³-hybridized carbons (Fsp3) is 0.727. The van der Waals surface area contributed by atoms with E-state index in [1.165, 1.54) is 11.1 Å². The van der Waals surface area contributed by atoms with Gasteiger partial charge in [0.25, 0.3) is 0 Å². The van der Waals surface area contributed by atoms with Crippen LogP contribution in [0.5, 0.6) is 0 Å². The van der Waals surface area contributed by atoms with Gasteiger partial charge in [-0.15, -0.1) is 0 Å². The molecule has 0 amide bonds. The van der Waals surface area contributed by atoms with Crippen molar-refractivity contribution in [3.8, 4) is 0 Å². The molecule has 0 aliphatic carbocycles. The average molecular weight is 415 g/mol. The molecule has 0 N–H and O–H groups in total. The minimum absolute atomic E-state index is 0.259. The predicted molar refractivity (Wildman–Crippen MR) is 111 cm³/mol. The summed E-state index contributed by atoms with van der Waals surface area (Å²) in [6.45, 7) is 10.7. The van der Waals surface area contributed by atoms with Gasteiger partial charge in [-0.05, 0) is 17.0 Å². The number of benzene rings is 1. The van der Waals surface area contributed by atoms with Gasteiger partial charge in [-0.3, -0.25) is 0 Å². The zero-order valence-corrected chi connectivity index (χ0v) is 18.2. The summed E-state index contributed by atoms with van der Waals surface area (Å²) in [6, 6.07) is 8.56. The van der Waals surface area contributed by atoms with Crippen molar-refractivity contribution in [1.29, 1.82) is 0 Å². The highest BCUT2D eigenvalue weighted by Gasteiger charge is 1.99. The largest absolute Gasteiger partial charge is 0.382 e. The van der Waals surface area contributed by atoms with Gasteiger partial charge in [-0.1, -0.05) is 38.1 Å². The summed E-state index contributed by atoms with van der Waals surface area (Å²) < 4.78 is 37.2. The molecule has 0 saturated heterocycles. The molecule has 0 radical (unpaired) electrons. The number of methoxy groups -OCH3 is 1. The van der Waals surface area contributed by atoms with E-state index >= 15 is 0 Å². The summed E-state index contributed by atoms with van der Waals surface area (Å²) in [5.74, 6) is 0.553. The summed E-state index contributed by atoms with van der Waals surface area (Å²) in [6.07, 6.45) is 0. The molecule has 7 heteroatoms. The highest BCUT2D eigenvalue weighted by Crippen LogP contribution is 2.14. The summed E-state index contributed by atoms with van der Waals surface area (Å²) in [4.78, 5) is 0. The van der Waals surface area contributed by atoms with E-state index in [0.717, 1.165) is 0 Å². The lowest BCUT2D eigenvalue weighted by atomic mass is 10.0. The Kier molecular flexibility index (Phi) is 17.0. The van der Waals surface area contributed by atoms with Crippen LogP contribution in [0.3, 0.4) is 0 Å². The van der Waals surface area contributed by atoms with Crippen molar-refractivity contribution in [2.75, 3.05) is 80.0 Å². The third-order valence-corrected chi connectivity index (χ3v) is 4.00. The molecule has 0 atom stereocenters. The van der Waals surface area contributed by atoms with E-state index in [2.05, 4.69) is 38.1 Å². The standard InChI is InChI=1S/C22H38O7/c1-20(2)22-6-4-21(5-7-22)18-27-16-14-25-12-10-24-11-13-26-15-17-29-19-28-9-8-23-3/h4-7,20H,8-19H2,1-3H3. The first-order chi connectivity index (χ1) is 14.2. The van der Waals surface area contributed by atoms with Crippen LogP contribution in [0.4, 0.5) is 0 Å². The molecule has 0 unspecified atom stereocenters. The van der Waals surface area contributed by atoms with Gasteiger partial charge in [0, 0.05) is 7.11 Å². The van der Waals surface area contributed by atoms with E-state index in [-0.39, 0.29) is 6.79 Å². The first-order valence-electron chi connectivity index (χ1n) is 10.3. The van der Waals surface area contributed by atoms with Gasteiger partial charge in [0.15, 0.2) is 0 Å². The summed E-state index contributed by atoms with van der Waals surface area (Å²) in [7, 11) is 1.63. The molecule has 0 aliphatic heterocycles. The number of hydrogen-bond donors (Lipinski definition) is 0. The predicted octanol–water partition coefficient (Wildman–Crippen LogP) is 3.01. The monoisotopic (exact) mass is 414 g/mol. The van der Waals surface area contributed by atoms with Crippen molar-refractivity contribution < 1.29 is 33.2 Å². The molecule has 0 saturated carbocycles. The van der Waals surface area contributed by atoms with Crippen LogP contribution in [0.2, 0.25) is 0 Å². The van der Waals surface area contributed by atoms with Crippen LogP contribution >= 0.6 is 0 Å². The second-order valence-corrected chi connectivity index (χ2v) is 6.71. The number of ether oxygens (including phenoxy) is 7. The fourth-order valence-corrected chi connectivity index (χ4v) is 2.29. The molecule has 1 rings (SSSR count). The third-order valence-electron chi connectivity index (χ3n) is 4.00. The molecule has 0 fully saturated rings. The van der Waals surface area contributed by atoms with E-state index in [1.54, 1.807) is 7.11 Å². The van der Waals surface area contributed by atoms with Crippen LogP contribution in [-0.4, -0.2) is 80.0 Å². The molecule has 0 aromatic heterocycles. The van der Waals surface area contributed by atoms with Crippen LogP contribution in [-0.2, 0) is 39.8 Å². The smallest absolute Gasteiger partial charge is 0.146 e. The van der Waals surface area contributed by atoms with E-state index < -0.39 is 0 Å². The van der Waals surface area contributed by atoms with Crippen LogP contribution < -0.4 is 0 Å². The Balaban J connectivity index is 1.77. The van der Waals surface area contributed by atoms with Gasteiger partial charge in [0.2, 0.25) is 0 Å². The second-order valence-electron chi connectivity index (χ2n) is 6.71. The summed E-state index contributed by atoms with van der Waals surface area (Å²) in [5, 5.41) is 0. The van der Waals surface area contributed by atoms with Crippen molar-refractivity contribution in [3.63, 3.8) is 0 Å². The van der Waals surface area contributed by atoms with E-state index in [4.69, 9.17) is 33.2 Å². The topological polar surface area (TPSA) is 64.6 Å². The van der Waals surface area contributed by atoms with Crippen molar-refractivity contribution in [1.82, 2.24) is 0 Å². The lowest BCUT2D eigenvalue weighted by molar-refractivity contribution is -0.0815. The van der Waals surface area contributed by atoms with Crippen LogP contribution in [0, 0.1) is 0 Å². The van der Waals surface area contributed by atoms with Gasteiger partial charge < -0.3 is 33.2 Å². The Labute approximate surface area is 175 Å². The van der Waals surface area contributed by atoms with E-state index in [0.29, 0.717) is 78.6 Å². The number of hydrogen-bond acceptors (Lipinski definition) is 7. The van der Waals surface area contributed by atoms with Gasteiger partial charge in [0.1, 0.15) is 6.79 Å². The maximum Gasteiger partial charge on any atom is 0.146 e. The molecule has 0 spiro atoms. The first kappa shape index (κ1) is 26.0. The molecule has 0 heterocycles. The van der Waals surface area contributed by atoms with E-state index in [9.17, 15) is 0 Å². The van der Waals surface area contributed by atoms with Gasteiger partial charge >= 0.3 is 0 Å². The summed E-state index contributed by atoms with van der Waals surface area (Å²) >= 11 is 0. The minimum Gasteiger partial charge on any atom is -0.382 e. The molecule has 0 bridgehead atoms. The molecular weight excluding hydrogens is 376 g/mol. The Bertz CT molecular complexity index is 465. The SMILES string of the molecule is COCCOCOCCOCCOCCOCCOCc1ccc(C(C)C)cc1. The number of rotatable bonds is 20. The van der Waals surface area contributed by atoms with Gasteiger partial charge in [-0.2, -0.15) is 0 Å². The molecular formula is C22H38O7. The Morgan fingerprint density at radius 2 is 1.03 bits per heavy atom. The van der Waals surface area contributed by atoms with Gasteiger partial charge in [-0.25, -0.2) is 0 Å². The van der Waals surface area contributed by atoms with Crippen molar-refractivity contribution in [2.45, 2.75) is 26.4 Å². The molecule has 1 aromatic carbocycles. The Morgan fingerprint density at radius 3 is 1.52 bits per heavy atom. The zero-order chi connectivity index (χ0) is 21.0. The highest BCUT2D eigenvalue weighted by molar-refractivity contribution is 5.24. The van der Waals surface area contributed by atoms with E-state index in [1.807, 2.05) is 0 Å². The average Bonchev–Trinajstić information content (AvgIpc) is 2.73. The maximum atomic E-state index is 5.63. The van der Waals surface area contributed by atoms with Crippen LogP contribution in [0.25, 0.3) is 0 Å². The third kappa shape index (κ3) is 15.4. The minimum atomic E-state index is 0.259. The lowest BCUT2D eigenvalue weighted by Gasteiger charge is -2.09. The van der Waals surface area contributed by atoms with Gasteiger partial charge in [0.05, 0.1) is 72.7 Å². The Morgan fingerprint density at radius 1 is 0.586 bits per heavy atom. The maximum absolute atomic E-state index is 5.63. The normalized spacial score (nSPS) is 11.4. The molecule has 7 nitrogen and oxygen atoms in total. The van der Waals surface area contributed by atoms with Crippen LogP contribution in [0.1, 0.15) is 30.9 Å². The molecule has 0 aliphatic rings. The Hall–Kier alpha value is -1.06. The first-order valence-corrected chi connectivity index (χ1v) is 10.3. The second kappa shape index (κ2) is 18.9. The van der Waals surface area contributed by atoms with Crippen molar-refractivity contribution >= 4 is 0 Å². The van der Waals surface area contributed by atoms with Crippen molar-refractivity contribution in [3.05, 3.63) is 35.4 Å². The highest BCUT2D eigenvalue weighted by atomic mass is 16.7. The quantitative estimate of drug-likeness (QED) is 0.240.